The molecule has 0 radical (unpaired) electrons. The minimum atomic E-state index is -3.47. The number of piperazine rings is 1. The summed E-state index contributed by atoms with van der Waals surface area (Å²) in [6, 6.07) is 14.4. The van der Waals surface area contributed by atoms with E-state index in [-0.39, 0.29) is 0 Å². The van der Waals surface area contributed by atoms with E-state index in [1.165, 1.54) is 4.31 Å². The predicted octanol–water partition coefficient (Wildman–Crippen LogP) is 2.54. The molecule has 0 atom stereocenters. The van der Waals surface area contributed by atoms with Crippen molar-refractivity contribution in [2.24, 2.45) is 0 Å². The molecule has 3 aromatic rings. The Bertz CT molecular complexity index is 997. The van der Waals surface area contributed by atoms with Crippen LogP contribution < -0.4 is 4.90 Å². The molecule has 0 bridgehead atoms. The first kappa shape index (κ1) is 18.1. The van der Waals surface area contributed by atoms with E-state index >= 15 is 0 Å². The standard InChI is InChI=1S/C18H18BrN5O2S/c19-15-3-5-16(6-4-15)27(25,26)24-13-11-23(12-14-24)18-8-7-17(20-21-18)22-9-1-2-10-22/h1-10H,11-14H2. The average Bonchev–Trinajstić information content (AvgIpc) is 3.23. The van der Waals surface area contributed by atoms with Gasteiger partial charge >= 0.3 is 0 Å². The van der Waals surface area contributed by atoms with Gasteiger partial charge in [0.2, 0.25) is 10.0 Å². The van der Waals surface area contributed by atoms with Gasteiger partial charge < -0.3 is 9.47 Å². The van der Waals surface area contributed by atoms with E-state index in [0.717, 1.165) is 16.1 Å². The van der Waals surface area contributed by atoms with Crippen LogP contribution in [0.5, 0.6) is 0 Å². The van der Waals surface area contributed by atoms with E-state index in [1.54, 1.807) is 24.3 Å². The van der Waals surface area contributed by atoms with E-state index in [9.17, 15) is 8.42 Å². The number of hydrogen-bond acceptors (Lipinski definition) is 5. The molecule has 1 fully saturated rings. The normalized spacial score (nSPS) is 15.8. The van der Waals surface area contributed by atoms with Gasteiger partial charge in [-0.15, -0.1) is 10.2 Å². The zero-order valence-corrected chi connectivity index (χ0v) is 16.8. The fourth-order valence-corrected chi connectivity index (χ4v) is 4.71. The molecule has 0 amide bonds. The molecular formula is C18H18BrN5O2S. The molecule has 4 rings (SSSR count). The molecule has 2 aromatic heterocycles. The number of anilines is 1. The summed E-state index contributed by atoms with van der Waals surface area (Å²) < 4.78 is 29.8. The quantitative estimate of drug-likeness (QED) is 0.614. The van der Waals surface area contributed by atoms with Crippen LogP contribution in [0.25, 0.3) is 5.82 Å². The zero-order chi connectivity index (χ0) is 18.9. The first-order chi connectivity index (χ1) is 13.0. The van der Waals surface area contributed by atoms with Gasteiger partial charge in [0.05, 0.1) is 4.90 Å². The first-order valence-corrected chi connectivity index (χ1v) is 10.7. The van der Waals surface area contributed by atoms with Crippen LogP contribution in [0.4, 0.5) is 5.82 Å². The van der Waals surface area contributed by atoms with E-state index in [1.807, 2.05) is 41.2 Å². The molecule has 1 aliphatic heterocycles. The first-order valence-electron chi connectivity index (χ1n) is 8.52. The van der Waals surface area contributed by atoms with Gasteiger partial charge in [0, 0.05) is 43.0 Å². The largest absolute Gasteiger partial charge is 0.352 e. The Morgan fingerprint density at radius 2 is 1.41 bits per heavy atom. The molecule has 0 spiro atoms. The molecule has 1 aromatic carbocycles. The van der Waals surface area contributed by atoms with Crippen molar-refractivity contribution < 1.29 is 8.42 Å². The van der Waals surface area contributed by atoms with Crippen LogP contribution in [0, 0.1) is 0 Å². The fraction of sp³-hybridized carbons (Fsp3) is 0.222. The average molecular weight is 448 g/mol. The molecule has 7 nitrogen and oxygen atoms in total. The highest BCUT2D eigenvalue weighted by atomic mass is 79.9. The Labute approximate surface area is 166 Å². The molecule has 1 saturated heterocycles. The molecule has 0 saturated carbocycles. The number of aromatic nitrogens is 3. The number of sulfonamides is 1. The summed E-state index contributed by atoms with van der Waals surface area (Å²) in [5.41, 5.74) is 0. The summed E-state index contributed by atoms with van der Waals surface area (Å²) in [5.74, 6) is 1.51. The monoisotopic (exact) mass is 447 g/mol. The number of halogens is 1. The SMILES string of the molecule is O=S(=O)(c1ccc(Br)cc1)N1CCN(c2ccc(-n3cccc3)nn2)CC1. The van der Waals surface area contributed by atoms with Gasteiger partial charge in [-0.1, -0.05) is 15.9 Å². The van der Waals surface area contributed by atoms with Gasteiger partial charge in [-0.3, -0.25) is 0 Å². The summed E-state index contributed by atoms with van der Waals surface area (Å²) >= 11 is 3.33. The Kier molecular flexibility index (Phi) is 4.98. The van der Waals surface area contributed by atoms with Crippen LogP contribution in [-0.4, -0.2) is 53.7 Å². The lowest BCUT2D eigenvalue weighted by atomic mass is 10.3. The van der Waals surface area contributed by atoms with Crippen molar-refractivity contribution in [1.82, 2.24) is 19.1 Å². The molecule has 27 heavy (non-hydrogen) atoms. The summed E-state index contributed by atoms with van der Waals surface area (Å²) in [7, 11) is -3.47. The van der Waals surface area contributed by atoms with Crippen molar-refractivity contribution in [3.63, 3.8) is 0 Å². The van der Waals surface area contributed by atoms with Crippen LogP contribution in [0.2, 0.25) is 0 Å². The number of benzene rings is 1. The van der Waals surface area contributed by atoms with E-state index in [2.05, 4.69) is 31.0 Å². The Morgan fingerprint density at radius 3 is 2.00 bits per heavy atom. The predicted molar refractivity (Wildman–Crippen MR) is 106 cm³/mol. The highest BCUT2D eigenvalue weighted by molar-refractivity contribution is 9.10. The van der Waals surface area contributed by atoms with Crippen LogP contribution in [-0.2, 0) is 10.0 Å². The molecule has 0 aliphatic carbocycles. The number of rotatable bonds is 4. The Balaban J connectivity index is 1.43. The van der Waals surface area contributed by atoms with Crippen LogP contribution in [0.15, 0.2) is 70.3 Å². The third-order valence-corrected chi connectivity index (χ3v) is 6.96. The van der Waals surface area contributed by atoms with Crippen molar-refractivity contribution in [1.29, 1.82) is 0 Å². The number of hydrogen-bond donors (Lipinski definition) is 0. The molecule has 1 aliphatic rings. The molecule has 0 unspecified atom stereocenters. The maximum atomic E-state index is 12.8. The molecule has 3 heterocycles. The second-order valence-corrected chi connectivity index (χ2v) is 9.04. The van der Waals surface area contributed by atoms with Gasteiger partial charge in [0.25, 0.3) is 0 Å². The summed E-state index contributed by atoms with van der Waals surface area (Å²) in [5, 5.41) is 8.55. The highest BCUT2D eigenvalue weighted by Gasteiger charge is 2.29. The van der Waals surface area contributed by atoms with Gasteiger partial charge in [-0.05, 0) is 48.5 Å². The van der Waals surface area contributed by atoms with Crippen LogP contribution in [0.3, 0.4) is 0 Å². The smallest absolute Gasteiger partial charge is 0.243 e. The van der Waals surface area contributed by atoms with Gasteiger partial charge in [0.1, 0.15) is 0 Å². The summed E-state index contributed by atoms with van der Waals surface area (Å²) in [6.07, 6.45) is 3.82. The molecule has 140 valence electrons. The van der Waals surface area contributed by atoms with Crippen LogP contribution >= 0.6 is 15.9 Å². The van der Waals surface area contributed by atoms with E-state index in [0.29, 0.717) is 31.1 Å². The molecule has 0 N–H and O–H groups in total. The third kappa shape index (κ3) is 3.76. The Hall–Kier alpha value is -2.23. The number of nitrogens with zero attached hydrogens (tertiary/aromatic N) is 5. The maximum Gasteiger partial charge on any atom is 0.243 e. The van der Waals surface area contributed by atoms with Crippen molar-refractivity contribution in [2.45, 2.75) is 4.90 Å². The van der Waals surface area contributed by atoms with Crippen molar-refractivity contribution in [3.8, 4) is 5.82 Å². The fourth-order valence-electron chi connectivity index (χ4n) is 3.03. The highest BCUT2D eigenvalue weighted by Crippen LogP contribution is 2.21. The van der Waals surface area contributed by atoms with Crippen LogP contribution in [0.1, 0.15) is 0 Å². The van der Waals surface area contributed by atoms with Crippen molar-refractivity contribution >= 4 is 31.8 Å². The van der Waals surface area contributed by atoms with E-state index in [4.69, 9.17) is 0 Å². The molecular weight excluding hydrogens is 430 g/mol. The Morgan fingerprint density at radius 1 is 0.815 bits per heavy atom. The lowest BCUT2D eigenvalue weighted by molar-refractivity contribution is 0.383. The molecule has 9 heteroatoms. The minimum absolute atomic E-state index is 0.315. The topological polar surface area (TPSA) is 71.3 Å². The third-order valence-electron chi connectivity index (χ3n) is 4.52. The second kappa shape index (κ2) is 7.41. The van der Waals surface area contributed by atoms with Gasteiger partial charge in [0.15, 0.2) is 11.6 Å². The van der Waals surface area contributed by atoms with E-state index < -0.39 is 10.0 Å². The lowest BCUT2D eigenvalue weighted by Gasteiger charge is -2.34. The minimum Gasteiger partial charge on any atom is -0.352 e. The summed E-state index contributed by atoms with van der Waals surface area (Å²) in [6.45, 7) is 1.99. The van der Waals surface area contributed by atoms with Crippen molar-refractivity contribution in [2.75, 3.05) is 31.1 Å². The lowest BCUT2D eigenvalue weighted by Crippen LogP contribution is -2.49. The zero-order valence-electron chi connectivity index (χ0n) is 14.4. The van der Waals surface area contributed by atoms with Crippen molar-refractivity contribution in [3.05, 3.63) is 65.4 Å². The second-order valence-electron chi connectivity index (χ2n) is 6.19. The maximum absolute atomic E-state index is 12.8. The summed E-state index contributed by atoms with van der Waals surface area (Å²) in [4.78, 5) is 2.37. The van der Waals surface area contributed by atoms with Gasteiger partial charge in [-0.25, -0.2) is 8.42 Å². The van der Waals surface area contributed by atoms with Gasteiger partial charge in [-0.2, -0.15) is 4.31 Å².